The van der Waals surface area contributed by atoms with E-state index >= 15 is 0 Å². The number of aliphatic hydroxyl groups excluding tert-OH is 1. The van der Waals surface area contributed by atoms with E-state index in [-0.39, 0.29) is 6.10 Å². The van der Waals surface area contributed by atoms with Crippen LogP contribution < -0.4 is 0 Å². The lowest BCUT2D eigenvalue weighted by atomic mass is 9.94. The van der Waals surface area contributed by atoms with E-state index in [1.54, 1.807) is 0 Å². The fourth-order valence-corrected chi connectivity index (χ4v) is 2.50. The fourth-order valence-electron chi connectivity index (χ4n) is 2.50. The van der Waals surface area contributed by atoms with Crippen LogP contribution in [0.15, 0.2) is 0 Å². The predicted molar refractivity (Wildman–Crippen MR) is 64.9 cm³/mol. The lowest BCUT2D eigenvalue weighted by Crippen LogP contribution is -2.48. The van der Waals surface area contributed by atoms with E-state index in [4.69, 9.17) is 0 Å². The highest BCUT2D eigenvalue weighted by atomic mass is 16.3. The summed E-state index contributed by atoms with van der Waals surface area (Å²) >= 11 is 0. The molecule has 1 rings (SSSR count). The maximum Gasteiger partial charge on any atom is 0.0692 e. The van der Waals surface area contributed by atoms with Gasteiger partial charge in [0.15, 0.2) is 0 Å². The highest BCUT2D eigenvalue weighted by molar-refractivity contribution is 4.82. The summed E-state index contributed by atoms with van der Waals surface area (Å²) in [5.41, 5.74) is 0. The minimum atomic E-state index is -0.155. The van der Waals surface area contributed by atoms with Crippen molar-refractivity contribution in [2.75, 3.05) is 6.54 Å². The summed E-state index contributed by atoms with van der Waals surface area (Å²) in [7, 11) is 0. The first-order chi connectivity index (χ1) is 7.06. The van der Waals surface area contributed by atoms with Gasteiger partial charge < -0.3 is 5.11 Å². The zero-order valence-corrected chi connectivity index (χ0v) is 10.7. The number of rotatable bonds is 4. The molecule has 1 aliphatic heterocycles. The number of piperidine rings is 1. The molecule has 0 radical (unpaired) electrons. The molecule has 1 fully saturated rings. The number of likely N-dealkylation sites (tertiary alicyclic amines) is 1. The number of hydrogen-bond donors (Lipinski definition) is 1. The first-order valence-corrected chi connectivity index (χ1v) is 6.50. The maximum absolute atomic E-state index is 10.1. The van der Waals surface area contributed by atoms with Crippen molar-refractivity contribution in [1.29, 1.82) is 0 Å². The van der Waals surface area contributed by atoms with Crippen LogP contribution in [0, 0.1) is 5.92 Å². The predicted octanol–water partition coefficient (Wildman–Crippen LogP) is 2.66. The van der Waals surface area contributed by atoms with Gasteiger partial charge in [0.05, 0.1) is 6.10 Å². The molecule has 90 valence electrons. The normalized spacial score (nSPS) is 32.6. The van der Waals surface area contributed by atoms with Gasteiger partial charge >= 0.3 is 0 Å². The third kappa shape index (κ3) is 3.46. The molecule has 0 aliphatic carbocycles. The average molecular weight is 213 g/mol. The van der Waals surface area contributed by atoms with Gasteiger partial charge in [-0.05, 0) is 32.6 Å². The Kier molecular flexibility index (Phi) is 5.07. The van der Waals surface area contributed by atoms with Gasteiger partial charge in [0, 0.05) is 18.6 Å². The third-order valence-corrected chi connectivity index (χ3v) is 4.07. The molecule has 1 heterocycles. The van der Waals surface area contributed by atoms with Crippen LogP contribution in [0.3, 0.4) is 0 Å². The van der Waals surface area contributed by atoms with Crippen LogP contribution in [0.1, 0.15) is 53.4 Å². The SMILES string of the molecule is CCC(C)C(O)CN1[C@H](C)CCC[C@@H]1C. The highest BCUT2D eigenvalue weighted by Crippen LogP contribution is 2.23. The van der Waals surface area contributed by atoms with E-state index in [1.807, 2.05) is 0 Å². The van der Waals surface area contributed by atoms with Gasteiger partial charge in [-0.3, -0.25) is 4.90 Å². The third-order valence-electron chi connectivity index (χ3n) is 4.07. The van der Waals surface area contributed by atoms with Crippen LogP contribution in [-0.2, 0) is 0 Å². The van der Waals surface area contributed by atoms with Crippen LogP contribution >= 0.6 is 0 Å². The van der Waals surface area contributed by atoms with Crippen molar-refractivity contribution in [3.05, 3.63) is 0 Å². The van der Waals surface area contributed by atoms with Crippen LogP contribution in [-0.4, -0.2) is 34.7 Å². The van der Waals surface area contributed by atoms with E-state index in [0.717, 1.165) is 13.0 Å². The minimum Gasteiger partial charge on any atom is -0.392 e. The molecule has 4 atom stereocenters. The summed E-state index contributed by atoms with van der Waals surface area (Å²) in [5, 5.41) is 10.1. The van der Waals surface area contributed by atoms with Crippen molar-refractivity contribution in [3.8, 4) is 0 Å². The fraction of sp³-hybridized carbons (Fsp3) is 1.00. The number of hydrogen-bond acceptors (Lipinski definition) is 2. The van der Waals surface area contributed by atoms with Crippen molar-refractivity contribution in [2.45, 2.75) is 71.6 Å². The molecule has 0 aromatic carbocycles. The van der Waals surface area contributed by atoms with Gasteiger partial charge in [0.1, 0.15) is 0 Å². The van der Waals surface area contributed by atoms with E-state index in [9.17, 15) is 5.11 Å². The second-order valence-corrected chi connectivity index (χ2v) is 5.28. The van der Waals surface area contributed by atoms with Gasteiger partial charge in [-0.2, -0.15) is 0 Å². The van der Waals surface area contributed by atoms with Crippen molar-refractivity contribution in [2.24, 2.45) is 5.92 Å². The highest BCUT2D eigenvalue weighted by Gasteiger charge is 2.27. The summed E-state index contributed by atoms with van der Waals surface area (Å²) in [6.07, 6.45) is 4.84. The van der Waals surface area contributed by atoms with E-state index in [1.165, 1.54) is 19.3 Å². The molecule has 1 saturated heterocycles. The molecule has 2 nitrogen and oxygen atoms in total. The lowest BCUT2D eigenvalue weighted by molar-refractivity contribution is 0.0180. The Bertz CT molecular complexity index is 173. The second kappa shape index (κ2) is 5.86. The van der Waals surface area contributed by atoms with Gasteiger partial charge in [-0.1, -0.05) is 26.7 Å². The molecule has 1 N–H and O–H groups in total. The molecule has 15 heavy (non-hydrogen) atoms. The Labute approximate surface area is 94.7 Å². The van der Waals surface area contributed by atoms with E-state index < -0.39 is 0 Å². The Morgan fingerprint density at radius 1 is 1.27 bits per heavy atom. The monoisotopic (exact) mass is 213 g/mol. The zero-order valence-electron chi connectivity index (χ0n) is 10.7. The molecule has 1 aliphatic rings. The molecular formula is C13H27NO. The van der Waals surface area contributed by atoms with E-state index in [2.05, 4.69) is 32.6 Å². The Balaban J connectivity index is 2.47. The first kappa shape index (κ1) is 13.0. The van der Waals surface area contributed by atoms with Crippen LogP contribution in [0.4, 0.5) is 0 Å². The molecular weight excluding hydrogens is 186 g/mol. The zero-order chi connectivity index (χ0) is 11.4. The number of nitrogens with zero attached hydrogens (tertiary/aromatic N) is 1. The summed E-state index contributed by atoms with van der Waals surface area (Å²) < 4.78 is 0. The summed E-state index contributed by atoms with van der Waals surface area (Å²) in [4.78, 5) is 2.49. The smallest absolute Gasteiger partial charge is 0.0692 e. The maximum atomic E-state index is 10.1. The molecule has 0 aromatic heterocycles. The summed E-state index contributed by atoms with van der Waals surface area (Å²) in [6, 6.07) is 1.29. The lowest BCUT2D eigenvalue weighted by Gasteiger charge is -2.40. The minimum absolute atomic E-state index is 0.155. The number of aliphatic hydroxyl groups is 1. The van der Waals surface area contributed by atoms with Crippen molar-refractivity contribution >= 4 is 0 Å². The largest absolute Gasteiger partial charge is 0.392 e. The van der Waals surface area contributed by atoms with Crippen molar-refractivity contribution in [3.63, 3.8) is 0 Å². The van der Waals surface area contributed by atoms with Gasteiger partial charge in [-0.15, -0.1) is 0 Å². The molecule has 0 amide bonds. The quantitative estimate of drug-likeness (QED) is 0.776. The topological polar surface area (TPSA) is 23.5 Å². The Morgan fingerprint density at radius 3 is 2.27 bits per heavy atom. The van der Waals surface area contributed by atoms with E-state index in [0.29, 0.717) is 18.0 Å². The second-order valence-electron chi connectivity index (χ2n) is 5.28. The van der Waals surface area contributed by atoms with Crippen LogP contribution in [0.5, 0.6) is 0 Å². The molecule has 0 aromatic rings. The van der Waals surface area contributed by atoms with Crippen molar-refractivity contribution < 1.29 is 5.11 Å². The summed E-state index contributed by atoms with van der Waals surface area (Å²) in [5.74, 6) is 0.423. The van der Waals surface area contributed by atoms with Gasteiger partial charge in [0.25, 0.3) is 0 Å². The van der Waals surface area contributed by atoms with Gasteiger partial charge in [-0.25, -0.2) is 0 Å². The standard InChI is InChI=1S/C13H27NO/c1-5-10(2)13(15)9-14-11(3)7-6-8-12(14)4/h10-13,15H,5-9H2,1-4H3/t10?,11-,12+,13?. The summed E-state index contributed by atoms with van der Waals surface area (Å²) in [6.45, 7) is 9.73. The molecule has 2 heteroatoms. The van der Waals surface area contributed by atoms with Crippen LogP contribution in [0.25, 0.3) is 0 Å². The van der Waals surface area contributed by atoms with Gasteiger partial charge in [0.2, 0.25) is 0 Å². The molecule has 0 saturated carbocycles. The first-order valence-electron chi connectivity index (χ1n) is 6.50. The molecule has 0 spiro atoms. The molecule has 2 unspecified atom stereocenters. The van der Waals surface area contributed by atoms with Crippen molar-refractivity contribution in [1.82, 2.24) is 4.90 Å². The molecule has 0 bridgehead atoms. The Morgan fingerprint density at radius 2 is 1.80 bits per heavy atom. The number of β-amino-alcohol motifs (C(OH)–C–C–N with tert-alkyl or cyclic N) is 1. The van der Waals surface area contributed by atoms with Crippen LogP contribution in [0.2, 0.25) is 0 Å². The average Bonchev–Trinajstić information content (AvgIpc) is 2.22. The Hall–Kier alpha value is -0.0800.